The van der Waals surface area contributed by atoms with E-state index in [1.54, 1.807) is 24.8 Å². The van der Waals surface area contributed by atoms with Crippen LogP contribution in [0.1, 0.15) is 42.2 Å². The van der Waals surface area contributed by atoms with Crippen LogP contribution in [0.4, 0.5) is 13.2 Å². The smallest absolute Gasteiger partial charge is 0.368 e. The zero-order valence-electron chi connectivity index (χ0n) is 18.6. The van der Waals surface area contributed by atoms with E-state index in [0.29, 0.717) is 18.7 Å². The van der Waals surface area contributed by atoms with E-state index in [4.69, 9.17) is 5.73 Å². The number of piperazine rings is 1. The van der Waals surface area contributed by atoms with E-state index >= 15 is 0 Å². The van der Waals surface area contributed by atoms with Gasteiger partial charge in [-0.2, -0.15) is 18.4 Å². The highest BCUT2D eigenvalue weighted by atomic mass is 19.4. The van der Waals surface area contributed by atoms with Gasteiger partial charge in [0.05, 0.1) is 18.7 Å². The summed E-state index contributed by atoms with van der Waals surface area (Å²) in [5.74, 6) is -1.26. The summed E-state index contributed by atoms with van der Waals surface area (Å²) in [6, 6.07) is 3.46. The summed E-state index contributed by atoms with van der Waals surface area (Å²) in [4.78, 5) is 29.3. The van der Waals surface area contributed by atoms with Crippen LogP contribution in [0, 0.1) is 17.2 Å². The Bertz CT molecular complexity index is 827. The summed E-state index contributed by atoms with van der Waals surface area (Å²) in [7, 11) is 1.96. The molecule has 0 saturated carbocycles. The van der Waals surface area contributed by atoms with Crippen molar-refractivity contribution in [2.24, 2.45) is 11.7 Å². The van der Waals surface area contributed by atoms with Crippen molar-refractivity contribution in [2.75, 3.05) is 39.8 Å². The topological polar surface area (TPSA) is 93.7 Å². The quantitative estimate of drug-likeness (QED) is 0.610. The zero-order valence-corrected chi connectivity index (χ0v) is 18.6. The Morgan fingerprint density at radius 3 is 2.16 bits per heavy atom. The van der Waals surface area contributed by atoms with Crippen molar-refractivity contribution in [3.05, 3.63) is 35.4 Å². The summed E-state index contributed by atoms with van der Waals surface area (Å²) < 4.78 is 42.4. The van der Waals surface area contributed by atoms with Gasteiger partial charge in [0, 0.05) is 31.7 Å². The second-order valence-corrected chi connectivity index (χ2v) is 8.54. The van der Waals surface area contributed by atoms with Gasteiger partial charge in [0.1, 0.15) is 6.04 Å². The molecule has 0 aromatic heterocycles. The van der Waals surface area contributed by atoms with Gasteiger partial charge in [-0.3, -0.25) is 14.5 Å². The summed E-state index contributed by atoms with van der Waals surface area (Å²) in [5.41, 5.74) is 5.56. The summed E-state index contributed by atoms with van der Waals surface area (Å²) in [6.45, 7) is 5.47. The lowest BCUT2D eigenvalue weighted by Gasteiger charge is -2.37. The molecule has 1 unspecified atom stereocenters. The van der Waals surface area contributed by atoms with E-state index in [-0.39, 0.29) is 23.8 Å². The number of hydrogen-bond donors (Lipinski definition) is 1. The predicted molar refractivity (Wildman–Crippen MR) is 113 cm³/mol. The van der Waals surface area contributed by atoms with Crippen LogP contribution in [-0.2, 0) is 4.79 Å². The first-order chi connectivity index (χ1) is 15.0. The minimum Gasteiger partial charge on any atom is -0.368 e. The fourth-order valence-corrected chi connectivity index (χ4v) is 3.89. The van der Waals surface area contributed by atoms with Crippen LogP contribution in [0.15, 0.2) is 24.3 Å². The number of nitrogens with two attached hydrogens (primary N) is 1. The molecule has 2 atom stereocenters. The summed E-state index contributed by atoms with van der Waals surface area (Å²) >= 11 is 0. The molecule has 32 heavy (non-hydrogen) atoms. The van der Waals surface area contributed by atoms with Crippen molar-refractivity contribution >= 4 is 11.8 Å². The number of carbonyl (C=O) groups excluding carboxylic acids is 2. The zero-order chi connectivity index (χ0) is 24.1. The molecule has 1 aromatic rings. The van der Waals surface area contributed by atoms with Crippen LogP contribution in [0.5, 0.6) is 0 Å². The molecule has 7 nitrogen and oxygen atoms in total. The summed E-state index contributed by atoms with van der Waals surface area (Å²) in [5, 5.41) is 9.18. The van der Waals surface area contributed by atoms with E-state index in [2.05, 4.69) is 4.90 Å². The highest BCUT2D eigenvalue weighted by molar-refractivity contribution is 5.94. The lowest BCUT2D eigenvalue weighted by molar-refractivity contribution is -0.192. The maximum atomic E-state index is 14.1. The van der Waals surface area contributed by atoms with Crippen LogP contribution in [0.25, 0.3) is 0 Å². The number of carbonyl (C=O) groups is 2. The molecule has 0 aliphatic carbocycles. The molecule has 1 aliphatic rings. The molecule has 1 fully saturated rings. The maximum absolute atomic E-state index is 14.1. The van der Waals surface area contributed by atoms with Crippen molar-refractivity contribution in [3.63, 3.8) is 0 Å². The van der Waals surface area contributed by atoms with Gasteiger partial charge in [-0.05, 0) is 37.1 Å². The molecule has 1 aliphatic heterocycles. The van der Waals surface area contributed by atoms with E-state index in [9.17, 15) is 28.0 Å². The second kappa shape index (κ2) is 10.8. The van der Waals surface area contributed by atoms with Gasteiger partial charge >= 0.3 is 6.18 Å². The number of hydrogen-bond acceptors (Lipinski definition) is 5. The fourth-order valence-electron chi connectivity index (χ4n) is 3.89. The number of benzene rings is 1. The van der Waals surface area contributed by atoms with E-state index in [0.717, 1.165) is 18.0 Å². The Morgan fingerprint density at radius 2 is 1.72 bits per heavy atom. The molecule has 2 amide bonds. The number of nitrogens with zero attached hydrogens (tertiary/aromatic N) is 4. The highest BCUT2D eigenvalue weighted by Crippen LogP contribution is 2.39. The molecule has 1 heterocycles. The number of nitriles is 1. The predicted octanol–water partition coefficient (Wildman–Crippen LogP) is 2.40. The minimum absolute atomic E-state index is 0.0869. The minimum atomic E-state index is -4.76. The number of amides is 2. The largest absolute Gasteiger partial charge is 0.408 e. The normalized spacial score (nSPS) is 17.3. The van der Waals surface area contributed by atoms with Crippen LogP contribution in [0.3, 0.4) is 0 Å². The lowest BCUT2D eigenvalue weighted by atomic mass is 9.96. The molecule has 2 rings (SSSR count). The number of halogens is 3. The van der Waals surface area contributed by atoms with Crippen molar-refractivity contribution < 1.29 is 22.8 Å². The van der Waals surface area contributed by atoms with E-state index in [1.165, 1.54) is 24.3 Å². The third-order valence-corrected chi connectivity index (χ3v) is 5.58. The van der Waals surface area contributed by atoms with Gasteiger partial charge in [0.2, 0.25) is 5.91 Å². The summed E-state index contributed by atoms with van der Waals surface area (Å²) in [6.07, 6.45) is -4.67. The number of primary amides is 1. The molecule has 0 bridgehead atoms. The maximum Gasteiger partial charge on any atom is 0.408 e. The number of likely N-dealkylation sites (N-methyl/N-ethyl adjacent to an activating group) is 1. The molecule has 0 spiro atoms. The van der Waals surface area contributed by atoms with Gasteiger partial charge in [-0.15, -0.1) is 0 Å². The Morgan fingerprint density at radius 1 is 1.16 bits per heavy atom. The van der Waals surface area contributed by atoms with Crippen molar-refractivity contribution in [1.29, 1.82) is 5.26 Å². The molecule has 176 valence electrons. The Labute approximate surface area is 186 Å². The Balaban J connectivity index is 2.36. The monoisotopic (exact) mass is 453 g/mol. The Kier molecular flexibility index (Phi) is 8.64. The van der Waals surface area contributed by atoms with Crippen LogP contribution in [0.2, 0.25) is 0 Å². The first-order valence-electron chi connectivity index (χ1n) is 10.5. The van der Waals surface area contributed by atoms with Crippen LogP contribution in [-0.4, -0.2) is 78.5 Å². The average Bonchev–Trinajstić information content (AvgIpc) is 2.71. The molecule has 2 N–H and O–H groups in total. The highest BCUT2D eigenvalue weighted by Gasteiger charge is 2.48. The molecular formula is C22H30F3N5O2. The van der Waals surface area contributed by atoms with Gasteiger partial charge in [-0.25, -0.2) is 0 Å². The van der Waals surface area contributed by atoms with Gasteiger partial charge in [0.15, 0.2) is 0 Å². The fraction of sp³-hybridized carbons (Fsp3) is 0.591. The van der Waals surface area contributed by atoms with Crippen molar-refractivity contribution in [2.45, 2.75) is 38.5 Å². The second-order valence-electron chi connectivity index (χ2n) is 8.54. The molecule has 1 aromatic carbocycles. The third kappa shape index (κ3) is 6.43. The molecule has 10 heteroatoms. The first-order valence-corrected chi connectivity index (χ1v) is 10.5. The molecular weight excluding hydrogens is 423 g/mol. The van der Waals surface area contributed by atoms with Crippen molar-refractivity contribution in [1.82, 2.24) is 14.7 Å². The number of alkyl halides is 3. The first kappa shape index (κ1) is 25.6. The van der Waals surface area contributed by atoms with E-state index in [1.807, 2.05) is 7.05 Å². The van der Waals surface area contributed by atoms with Gasteiger partial charge < -0.3 is 15.5 Å². The van der Waals surface area contributed by atoms with Gasteiger partial charge in [0.25, 0.3) is 5.91 Å². The molecule has 0 radical (unpaired) electrons. The van der Waals surface area contributed by atoms with Crippen LogP contribution >= 0.6 is 0 Å². The van der Waals surface area contributed by atoms with Crippen LogP contribution < -0.4 is 5.73 Å². The SMILES string of the molecule is CC(C)C[C@@H](C(N)=O)N(CC#N)C(c1ccc(C(=O)N2CCN(C)CC2)cc1)C(F)(F)F. The molecule has 1 saturated heterocycles. The lowest BCUT2D eigenvalue weighted by Crippen LogP contribution is -2.51. The average molecular weight is 454 g/mol. The number of rotatable bonds is 8. The Hall–Kier alpha value is -2.64. The third-order valence-electron chi connectivity index (χ3n) is 5.58. The van der Waals surface area contributed by atoms with Crippen molar-refractivity contribution in [3.8, 4) is 6.07 Å². The van der Waals surface area contributed by atoms with E-state index < -0.39 is 30.7 Å². The standard InChI is InChI=1S/C22H30F3N5O2/c1-15(2)14-18(20(27)31)30(9-8-26)19(22(23,24)25)16-4-6-17(7-5-16)21(32)29-12-10-28(3)11-13-29/h4-7,15,18-19H,9-14H2,1-3H3,(H2,27,31)/t18-,19?/m0/s1. The van der Waals surface area contributed by atoms with Gasteiger partial charge in [-0.1, -0.05) is 26.0 Å².